The molecule has 17 heteroatoms. The highest BCUT2D eigenvalue weighted by atomic mass is 32.2. The molecule has 50 heavy (non-hydrogen) atoms. The Morgan fingerprint density at radius 3 is 2.26 bits per heavy atom. The van der Waals surface area contributed by atoms with Crippen LogP contribution in [0.2, 0.25) is 0 Å². The summed E-state index contributed by atoms with van der Waals surface area (Å²) in [7, 11) is -4.29. The van der Waals surface area contributed by atoms with E-state index in [-0.39, 0.29) is 49.0 Å². The number of carbonyl (C=O) groups excluding carboxylic acids is 2. The fourth-order valence-electron chi connectivity index (χ4n) is 5.11. The summed E-state index contributed by atoms with van der Waals surface area (Å²) in [5.74, 6) is -2.76. The first kappa shape index (κ1) is 36.3. The molecule has 0 saturated carbocycles. The number of hydroxylamine groups is 1. The van der Waals surface area contributed by atoms with Crippen LogP contribution in [-0.2, 0) is 19.8 Å². The largest absolute Gasteiger partial charge is 0.474 e. The lowest BCUT2D eigenvalue weighted by Crippen LogP contribution is -2.42. The van der Waals surface area contributed by atoms with E-state index >= 15 is 0 Å². The molecule has 3 amide bonds. The molecule has 0 atom stereocenters. The molecule has 2 aromatic carbocycles. The molecule has 1 saturated heterocycles. The smallest absolute Gasteiger partial charge is 0.352 e. The Hall–Kier alpha value is -5.03. The van der Waals surface area contributed by atoms with Crippen molar-refractivity contribution in [3.8, 4) is 11.6 Å². The number of alkyl halides is 2. The molecule has 1 fully saturated rings. The Kier molecular flexibility index (Phi) is 10.8. The van der Waals surface area contributed by atoms with E-state index in [1.165, 1.54) is 47.0 Å². The number of aryl methyl sites for hydroxylation is 1. The third kappa shape index (κ3) is 8.22. The van der Waals surface area contributed by atoms with Crippen LogP contribution in [0.3, 0.4) is 0 Å². The van der Waals surface area contributed by atoms with E-state index in [2.05, 4.69) is 15.4 Å². The zero-order chi connectivity index (χ0) is 36.2. The van der Waals surface area contributed by atoms with Crippen molar-refractivity contribution in [2.24, 2.45) is 0 Å². The van der Waals surface area contributed by atoms with E-state index in [1.54, 1.807) is 24.3 Å². The number of rotatable bonds is 11. The molecule has 4 aromatic rings. The molecule has 2 aromatic heterocycles. The Bertz CT molecular complexity index is 1950. The number of piperidine rings is 1. The number of halogens is 4. The van der Waals surface area contributed by atoms with Gasteiger partial charge in [-0.2, -0.15) is 18.6 Å². The number of benzene rings is 2. The normalized spacial score (nSPS) is 14.0. The standard InChI is InChI=1S/C33H34F4N6O6S/c1-21-7-9-22(10-8-21)42-28(18-27(40-42)33(2,19-34)20-35)39-32(45)43(49-50(3,46)47)23-11-14-38-29(17-23)48-24-12-15-41(16-13-24)31(44)30-25(36)5-4-6-26(30)37/h4-11,14,17-18,24H,12-13,15-16,19-20H2,1-3H3,(H,39,45). The van der Waals surface area contributed by atoms with Gasteiger partial charge in [-0.15, -0.1) is 4.28 Å². The molecular formula is C33H34F4N6O6S. The number of anilines is 2. The van der Waals surface area contributed by atoms with Gasteiger partial charge in [0.1, 0.15) is 42.5 Å². The maximum atomic E-state index is 14.2. The number of nitrogens with one attached hydrogen (secondary N) is 1. The molecule has 0 bridgehead atoms. The third-order valence-corrected chi connectivity index (χ3v) is 8.39. The average molecular weight is 719 g/mol. The highest BCUT2D eigenvalue weighted by molar-refractivity contribution is 7.86. The number of amides is 3. The molecule has 0 aliphatic carbocycles. The molecule has 0 unspecified atom stereocenters. The van der Waals surface area contributed by atoms with Crippen molar-refractivity contribution in [1.82, 2.24) is 19.7 Å². The van der Waals surface area contributed by atoms with E-state index in [1.807, 2.05) is 6.92 Å². The predicted molar refractivity (Wildman–Crippen MR) is 175 cm³/mol. The van der Waals surface area contributed by atoms with Gasteiger partial charge in [-0.25, -0.2) is 32.0 Å². The first-order valence-corrected chi connectivity index (χ1v) is 17.2. The minimum Gasteiger partial charge on any atom is -0.474 e. The van der Waals surface area contributed by atoms with E-state index in [0.29, 0.717) is 10.8 Å². The minimum atomic E-state index is -4.29. The second-order valence-corrected chi connectivity index (χ2v) is 13.6. The van der Waals surface area contributed by atoms with Crippen LogP contribution in [0.25, 0.3) is 5.69 Å². The lowest BCUT2D eigenvalue weighted by atomic mass is 9.90. The lowest BCUT2D eigenvalue weighted by Gasteiger charge is -2.32. The van der Waals surface area contributed by atoms with Crippen molar-refractivity contribution in [3.05, 3.63) is 95.3 Å². The average Bonchev–Trinajstić information content (AvgIpc) is 3.51. The van der Waals surface area contributed by atoms with Crippen LogP contribution in [0.5, 0.6) is 5.88 Å². The highest BCUT2D eigenvalue weighted by Gasteiger charge is 2.33. The Balaban J connectivity index is 1.36. The maximum absolute atomic E-state index is 14.2. The Morgan fingerprint density at radius 2 is 1.66 bits per heavy atom. The number of urea groups is 1. The lowest BCUT2D eigenvalue weighted by molar-refractivity contribution is 0.0579. The third-order valence-electron chi connectivity index (χ3n) is 7.97. The fourth-order valence-corrected chi connectivity index (χ4v) is 5.53. The van der Waals surface area contributed by atoms with Gasteiger partial charge in [0.2, 0.25) is 5.88 Å². The van der Waals surface area contributed by atoms with Crippen molar-refractivity contribution in [1.29, 1.82) is 0 Å². The van der Waals surface area contributed by atoms with Gasteiger partial charge in [0.15, 0.2) is 0 Å². The van der Waals surface area contributed by atoms with Gasteiger partial charge in [-0.3, -0.25) is 10.1 Å². The summed E-state index contributed by atoms with van der Waals surface area (Å²) in [6.45, 7) is 1.29. The van der Waals surface area contributed by atoms with Gasteiger partial charge < -0.3 is 9.64 Å². The number of pyridine rings is 1. The van der Waals surface area contributed by atoms with Gasteiger partial charge in [0, 0.05) is 44.3 Å². The molecule has 0 radical (unpaired) electrons. The summed E-state index contributed by atoms with van der Waals surface area (Å²) >= 11 is 0. The summed E-state index contributed by atoms with van der Waals surface area (Å²) in [5.41, 5.74) is -1.00. The van der Waals surface area contributed by atoms with Gasteiger partial charge in [-0.1, -0.05) is 23.8 Å². The molecule has 5 rings (SSSR count). The van der Waals surface area contributed by atoms with Crippen molar-refractivity contribution in [2.45, 2.75) is 38.2 Å². The summed E-state index contributed by atoms with van der Waals surface area (Å²) in [5, 5.41) is 7.33. The van der Waals surface area contributed by atoms with Gasteiger partial charge >= 0.3 is 6.03 Å². The molecule has 1 aliphatic heterocycles. The molecule has 1 N–H and O–H groups in total. The fraction of sp³-hybridized carbons (Fsp3) is 0.333. The second-order valence-electron chi connectivity index (χ2n) is 12.1. The molecular weight excluding hydrogens is 684 g/mol. The SMILES string of the molecule is Cc1ccc(-n2nc(C(C)(CF)CF)cc2NC(=O)N(OS(C)(=O)=O)c2ccnc(OC3CCN(C(=O)c4c(F)cccc4F)CC3)c2)cc1. The van der Waals surface area contributed by atoms with E-state index in [4.69, 9.17) is 9.02 Å². The number of aromatic nitrogens is 3. The summed E-state index contributed by atoms with van der Waals surface area (Å²) in [4.78, 5) is 31.9. The van der Waals surface area contributed by atoms with E-state index in [0.717, 1.165) is 24.0 Å². The number of nitrogens with zero attached hydrogens (tertiary/aromatic N) is 5. The predicted octanol–water partition coefficient (Wildman–Crippen LogP) is 5.66. The topological polar surface area (TPSA) is 136 Å². The van der Waals surface area contributed by atoms with E-state index < -0.39 is 64.1 Å². The van der Waals surface area contributed by atoms with E-state index in [9.17, 15) is 35.6 Å². The van der Waals surface area contributed by atoms with Crippen molar-refractivity contribution in [3.63, 3.8) is 0 Å². The second kappa shape index (κ2) is 14.8. The molecule has 266 valence electrons. The maximum Gasteiger partial charge on any atom is 0.352 e. The zero-order valence-electron chi connectivity index (χ0n) is 27.3. The highest BCUT2D eigenvalue weighted by Crippen LogP contribution is 2.30. The minimum absolute atomic E-state index is 0.000314. The quantitative estimate of drug-likeness (QED) is 0.155. The van der Waals surface area contributed by atoms with Crippen molar-refractivity contribution >= 4 is 33.6 Å². The van der Waals surface area contributed by atoms with Crippen LogP contribution in [0, 0.1) is 18.6 Å². The number of likely N-dealkylation sites (tertiary alicyclic amines) is 1. The zero-order valence-corrected chi connectivity index (χ0v) is 28.1. The van der Waals surface area contributed by atoms with Gasteiger partial charge in [0.05, 0.1) is 28.7 Å². The van der Waals surface area contributed by atoms with Crippen LogP contribution in [-0.4, -0.2) is 78.8 Å². The van der Waals surface area contributed by atoms with Crippen molar-refractivity contribution < 1.29 is 44.6 Å². The number of ether oxygens (including phenoxy) is 1. The van der Waals surface area contributed by atoms with Crippen LogP contribution in [0.1, 0.15) is 41.4 Å². The molecule has 0 spiro atoms. The van der Waals surface area contributed by atoms with Crippen molar-refractivity contribution in [2.75, 3.05) is 43.1 Å². The first-order chi connectivity index (χ1) is 23.7. The number of carbonyl (C=O) groups is 2. The van der Waals surface area contributed by atoms with Gasteiger partial charge in [0.25, 0.3) is 16.0 Å². The Morgan fingerprint density at radius 1 is 1.02 bits per heavy atom. The van der Waals surface area contributed by atoms with Crippen LogP contribution < -0.4 is 15.1 Å². The number of hydrogen-bond donors (Lipinski definition) is 1. The van der Waals surface area contributed by atoms with Gasteiger partial charge in [-0.05, 0) is 44.2 Å². The van der Waals surface area contributed by atoms with Crippen LogP contribution in [0.15, 0.2) is 66.9 Å². The summed E-state index contributed by atoms with van der Waals surface area (Å²) in [6, 6.07) is 12.8. The number of hydrogen-bond acceptors (Lipinski definition) is 8. The monoisotopic (exact) mass is 718 g/mol. The molecule has 3 heterocycles. The first-order valence-electron chi connectivity index (χ1n) is 15.4. The Labute approximate surface area is 285 Å². The van der Waals surface area contributed by atoms with Crippen LogP contribution >= 0.6 is 0 Å². The summed E-state index contributed by atoms with van der Waals surface area (Å²) in [6.07, 6.45) is 2.04. The summed E-state index contributed by atoms with van der Waals surface area (Å²) < 4.78 is 93.0. The van der Waals surface area contributed by atoms with Crippen LogP contribution in [0.4, 0.5) is 33.9 Å². The molecule has 1 aliphatic rings. The molecule has 12 nitrogen and oxygen atoms in total.